The van der Waals surface area contributed by atoms with Gasteiger partial charge < -0.3 is 15.0 Å². The van der Waals surface area contributed by atoms with Crippen molar-refractivity contribution in [2.75, 3.05) is 18.1 Å². The van der Waals surface area contributed by atoms with Crippen LogP contribution in [0.1, 0.15) is 47.0 Å². The summed E-state index contributed by atoms with van der Waals surface area (Å²) in [4.78, 5) is 0. The van der Waals surface area contributed by atoms with Crippen molar-refractivity contribution in [2.45, 2.75) is 63.7 Å². The first-order chi connectivity index (χ1) is 10.8. The van der Waals surface area contributed by atoms with Gasteiger partial charge in [0.05, 0.1) is 16.7 Å². The Labute approximate surface area is 143 Å². The summed E-state index contributed by atoms with van der Waals surface area (Å²) in [5, 5.41) is 4.66. The molecule has 7 heteroatoms. The molecule has 0 unspecified atom stereocenters. The molecular formula is C16H28BN3O2S. The third kappa shape index (κ3) is 3.08. The van der Waals surface area contributed by atoms with Crippen molar-refractivity contribution < 1.29 is 9.31 Å². The molecule has 2 N–H and O–H groups in total. The molecule has 128 valence electrons. The quantitative estimate of drug-likeness (QED) is 0.848. The molecule has 0 aromatic carbocycles. The lowest BCUT2D eigenvalue weighted by Gasteiger charge is -2.37. The van der Waals surface area contributed by atoms with Crippen LogP contribution in [0.15, 0.2) is 12.4 Å². The zero-order chi connectivity index (χ0) is 16.7. The molecule has 23 heavy (non-hydrogen) atoms. The molecule has 0 aliphatic carbocycles. The fraction of sp³-hybridized carbons (Fsp3) is 0.812. The normalized spacial score (nSPS) is 25.7. The molecule has 0 amide bonds. The minimum Gasteiger partial charge on any atom is -0.399 e. The van der Waals surface area contributed by atoms with E-state index in [1.165, 1.54) is 11.5 Å². The molecule has 5 nitrogen and oxygen atoms in total. The van der Waals surface area contributed by atoms with Gasteiger partial charge in [-0.3, -0.25) is 4.68 Å². The summed E-state index contributed by atoms with van der Waals surface area (Å²) in [5.41, 5.74) is 6.29. The molecule has 2 aliphatic heterocycles. The van der Waals surface area contributed by atoms with Crippen molar-refractivity contribution in [1.82, 2.24) is 9.78 Å². The number of rotatable bonds is 4. The molecule has 2 saturated heterocycles. The maximum absolute atomic E-state index is 6.14. The van der Waals surface area contributed by atoms with Crippen molar-refractivity contribution in [3.8, 4) is 0 Å². The second-order valence-electron chi connectivity index (χ2n) is 7.68. The van der Waals surface area contributed by atoms with Crippen molar-refractivity contribution in [2.24, 2.45) is 5.73 Å². The molecule has 2 fully saturated rings. The largest absolute Gasteiger partial charge is 0.498 e. The lowest BCUT2D eigenvalue weighted by Crippen LogP contribution is -2.41. The summed E-state index contributed by atoms with van der Waals surface area (Å²) in [6.45, 7) is 8.99. The van der Waals surface area contributed by atoms with Crippen LogP contribution in [0.25, 0.3) is 0 Å². The topological polar surface area (TPSA) is 62.3 Å². The molecule has 0 spiro atoms. The van der Waals surface area contributed by atoms with Crippen molar-refractivity contribution in [3.63, 3.8) is 0 Å². The van der Waals surface area contributed by atoms with Gasteiger partial charge in [0, 0.05) is 17.9 Å². The summed E-state index contributed by atoms with van der Waals surface area (Å²) >= 11 is 2.02. The van der Waals surface area contributed by atoms with Gasteiger partial charge in [0.2, 0.25) is 0 Å². The van der Waals surface area contributed by atoms with E-state index in [4.69, 9.17) is 15.0 Å². The van der Waals surface area contributed by atoms with Crippen molar-refractivity contribution in [1.29, 1.82) is 0 Å². The predicted octanol–water partition coefficient (Wildman–Crippen LogP) is 1.75. The maximum atomic E-state index is 6.14. The molecule has 1 aromatic rings. The molecular weight excluding hydrogens is 309 g/mol. The number of hydrogen-bond donors (Lipinski definition) is 1. The van der Waals surface area contributed by atoms with Crippen LogP contribution in [0.5, 0.6) is 0 Å². The molecule has 2 aliphatic rings. The number of nitrogens with zero attached hydrogens (tertiary/aromatic N) is 2. The summed E-state index contributed by atoms with van der Waals surface area (Å²) in [7, 11) is -0.346. The smallest absolute Gasteiger partial charge is 0.399 e. The fourth-order valence-electron chi connectivity index (χ4n) is 3.31. The van der Waals surface area contributed by atoms with Gasteiger partial charge in [-0.25, -0.2) is 0 Å². The average Bonchev–Trinajstić information content (AvgIpc) is 3.04. The standard InChI is InChI=1S/C16H28BN3O2S/c1-14(2)15(3,4)22-17(21-14)13-11-19-20(12-13)16(5-8-18)6-9-23-10-7-16/h11-12H,5-10,18H2,1-4H3. The van der Waals surface area contributed by atoms with Gasteiger partial charge in [-0.05, 0) is 65.0 Å². The van der Waals surface area contributed by atoms with Gasteiger partial charge in [0.1, 0.15) is 0 Å². The minimum absolute atomic E-state index is 0.0574. The zero-order valence-corrected chi connectivity index (χ0v) is 15.5. The van der Waals surface area contributed by atoms with Crippen LogP contribution in [-0.2, 0) is 14.8 Å². The molecule has 0 saturated carbocycles. The lowest BCUT2D eigenvalue weighted by molar-refractivity contribution is 0.00578. The maximum Gasteiger partial charge on any atom is 0.498 e. The summed E-state index contributed by atoms with van der Waals surface area (Å²) < 4.78 is 14.4. The van der Waals surface area contributed by atoms with E-state index in [2.05, 4.69) is 43.7 Å². The summed E-state index contributed by atoms with van der Waals surface area (Å²) in [5.74, 6) is 2.34. The number of aromatic nitrogens is 2. The molecule has 0 atom stereocenters. The Bertz CT molecular complexity index is 534. The molecule has 3 rings (SSSR count). The predicted molar refractivity (Wildman–Crippen MR) is 96.1 cm³/mol. The number of nitrogens with two attached hydrogens (primary N) is 1. The Morgan fingerprint density at radius 2 is 1.83 bits per heavy atom. The highest BCUT2D eigenvalue weighted by Gasteiger charge is 2.52. The first-order valence-electron chi connectivity index (χ1n) is 8.48. The zero-order valence-electron chi connectivity index (χ0n) is 14.7. The van der Waals surface area contributed by atoms with E-state index in [-0.39, 0.29) is 23.9 Å². The van der Waals surface area contributed by atoms with E-state index in [1.54, 1.807) is 0 Å². The Balaban J connectivity index is 1.83. The van der Waals surface area contributed by atoms with Crippen LogP contribution in [0.3, 0.4) is 0 Å². The first-order valence-corrected chi connectivity index (χ1v) is 9.64. The minimum atomic E-state index is -0.346. The first kappa shape index (κ1) is 17.3. The van der Waals surface area contributed by atoms with E-state index in [1.807, 2.05) is 18.0 Å². The van der Waals surface area contributed by atoms with E-state index < -0.39 is 0 Å². The molecule has 0 bridgehead atoms. The molecule has 0 radical (unpaired) electrons. The van der Waals surface area contributed by atoms with Gasteiger partial charge in [-0.1, -0.05) is 0 Å². The Morgan fingerprint density at radius 1 is 1.22 bits per heavy atom. The lowest BCUT2D eigenvalue weighted by atomic mass is 9.81. The van der Waals surface area contributed by atoms with E-state index in [0.29, 0.717) is 6.54 Å². The number of hydrogen-bond acceptors (Lipinski definition) is 5. The van der Waals surface area contributed by atoms with Crippen LogP contribution < -0.4 is 11.2 Å². The highest BCUT2D eigenvalue weighted by atomic mass is 32.2. The van der Waals surface area contributed by atoms with Gasteiger partial charge in [-0.15, -0.1) is 0 Å². The van der Waals surface area contributed by atoms with E-state index in [0.717, 1.165) is 24.7 Å². The van der Waals surface area contributed by atoms with Crippen LogP contribution in [0.4, 0.5) is 0 Å². The summed E-state index contributed by atoms with van der Waals surface area (Å²) in [6, 6.07) is 0. The molecule has 3 heterocycles. The van der Waals surface area contributed by atoms with Crippen LogP contribution >= 0.6 is 11.8 Å². The third-order valence-corrected chi connectivity index (χ3v) is 6.63. The van der Waals surface area contributed by atoms with Crippen LogP contribution in [0, 0.1) is 0 Å². The SMILES string of the molecule is CC1(C)OB(c2cnn(C3(CCN)CCSCC3)c2)OC1(C)C. The van der Waals surface area contributed by atoms with E-state index in [9.17, 15) is 0 Å². The van der Waals surface area contributed by atoms with Gasteiger partial charge >= 0.3 is 7.12 Å². The van der Waals surface area contributed by atoms with Crippen molar-refractivity contribution in [3.05, 3.63) is 12.4 Å². The average molecular weight is 337 g/mol. The van der Waals surface area contributed by atoms with Gasteiger partial charge in [-0.2, -0.15) is 16.9 Å². The highest BCUT2D eigenvalue weighted by molar-refractivity contribution is 7.99. The van der Waals surface area contributed by atoms with Crippen LogP contribution in [0.2, 0.25) is 0 Å². The monoisotopic (exact) mass is 337 g/mol. The Kier molecular flexibility index (Phi) is 4.60. The van der Waals surface area contributed by atoms with Gasteiger partial charge in [0.25, 0.3) is 0 Å². The second-order valence-corrected chi connectivity index (χ2v) is 8.91. The summed E-state index contributed by atoms with van der Waals surface area (Å²) in [6.07, 6.45) is 7.21. The third-order valence-electron chi connectivity index (χ3n) is 5.65. The van der Waals surface area contributed by atoms with Crippen LogP contribution in [-0.4, -0.2) is 46.2 Å². The second kappa shape index (κ2) is 6.10. The van der Waals surface area contributed by atoms with E-state index >= 15 is 0 Å². The Morgan fingerprint density at radius 3 is 2.39 bits per heavy atom. The highest BCUT2D eigenvalue weighted by Crippen LogP contribution is 2.38. The van der Waals surface area contributed by atoms with Crippen molar-refractivity contribution >= 4 is 24.3 Å². The molecule has 1 aromatic heterocycles. The Hall–Kier alpha value is -0.495. The fourth-order valence-corrected chi connectivity index (χ4v) is 4.56. The number of thioether (sulfide) groups is 1. The van der Waals surface area contributed by atoms with Gasteiger partial charge in [0.15, 0.2) is 0 Å².